The zero-order valence-corrected chi connectivity index (χ0v) is 19.9. The highest BCUT2D eigenvalue weighted by Crippen LogP contribution is 2.31. The predicted molar refractivity (Wildman–Crippen MR) is 124 cm³/mol. The van der Waals surface area contributed by atoms with Crippen LogP contribution >= 0.6 is 11.3 Å². The summed E-state index contributed by atoms with van der Waals surface area (Å²) < 4.78 is 29.8. The molecule has 0 spiro atoms. The number of ether oxygens (including phenoxy) is 1. The molecule has 1 aliphatic carbocycles. The van der Waals surface area contributed by atoms with E-state index in [9.17, 15) is 13.6 Å². The van der Waals surface area contributed by atoms with Gasteiger partial charge in [-0.15, -0.1) is 0 Å². The Morgan fingerprint density at radius 1 is 1.30 bits per heavy atom. The van der Waals surface area contributed by atoms with Crippen molar-refractivity contribution in [3.63, 3.8) is 0 Å². The van der Waals surface area contributed by atoms with Gasteiger partial charge in [-0.3, -0.25) is 14.7 Å². The van der Waals surface area contributed by atoms with Gasteiger partial charge in [0.2, 0.25) is 5.91 Å². The number of nitrogens with zero attached hydrogens (tertiary/aromatic N) is 3. The number of hydrogen-bond acceptors (Lipinski definition) is 6. The maximum atomic E-state index is 12.4. The Balaban J connectivity index is 1.14. The topological polar surface area (TPSA) is 67.4 Å². The van der Waals surface area contributed by atoms with Gasteiger partial charge in [0.05, 0.1) is 12.1 Å². The van der Waals surface area contributed by atoms with E-state index in [0.717, 1.165) is 80.0 Å². The van der Waals surface area contributed by atoms with E-state index < -0.39 is 13.0 Å². The molecule has 9 heteroatoms. The molecular formula is C24H32F2N4O2S. The summed E-state index contributed by atoms with van der Waals surface area (Å²) in [4.78, 5) is 24.6. The predicted octanol–water partition coefficient (Wildman–Crippen LogP) is 4.16. The molecule has 33 heavy (non-hydrogen) atoms. The van der Waals surface area contributed by atoms with Gasteiger partial charge in [-0.05, 0) is 69.5 Å². The second-order valence-electron chi connectivity index (χ2n) is 9.14. The molecule has 2 aliphatic rings. The number of thiazole rings is 1. The van der Waals surface area contributed by atoms with Gasteiger partial charge in [-0.1, -0.05) is 17.4 Å². The third-order valence-corrected chi connectivity index (χ3v) is 7.59. The summed E-state index contributed by atoms with van der Waals surface area (Å²) in [5, 5.41) is 3.56. The highest BCUT2D eigenvalue weighted by Gasteiger charge is 2.25. The lowest BCUT2D eigenvalue weighted by Crippen LogP contribution is -2.39. The lowest BCUT2D eigenvalue weighted by molar-refractivity contribution is -0.121. The third-order valence-electron chi connectivity index (χ3n) is 6.52. The summed E-state index contributed by atoms with van der Waals surface area (Å²) in [5.74, 6) is 0.759. The van der Waals surface area contributed by atoms with Gasteiger partial charge in [0.15, 0.2) is 6.61 Å². The molecule has 0 saturated heterocycles. The van der Waals surface area contributed by atoms with Gasteiger partial charge >= 0.3 is 0 Å². The number of carbonyl (C=O) groups is 1. The molecule has 4 rings (SSSR count). The first-order valence-electron chi connectivity index (χ1n) is 11.8. The SMILES string of the molecule is Cc1ccc(CC(=O)NC2CCC(CCN3CCc4sc(OCC(F)F)nc4C3)CC2)cn1. The molecule has 6 nitrogen and oxygen atoms in total. The Bertz CT molecular complexity index is 914. The number of hydrogen-bond donors (Lipinski definition) is 1. The van der Waals surface area contributed by atoms with Crippen molar-refractivity contribution in [3.8, 4) is 5.19 Å². The lowest BCUT2D eigenvalue weighted by Gasteiger charge is -2.32. The van der Waals surface area contributed by atoms with Crippen molar-refractivity contribution in [2.75, 3.05) is 19.7 Å². The van der Waals surface area contributed by atoms with Crippen LogP contribution < -0.4 is 10.1 Å². The summed E-state index contributed by atoms with van der Waals surface area (Å²) in [7, 11) is 0. The molecule has 1 N–H and O–H groups in total. The molecule has 1 aliphatic heterocycles. The highest BCUT2D eigenvalue weighted by atomic mass is 32.1. The molecule has 0 aromatic carbocycles. The average Bonchev–Trinajstić information content (AvgIpc) is 3.21. The van der Waals surface area contributed by atoms with Gasteiger partial charge in [0.1, 0.15) is 0 Å². The van der Waals surface area contributed by atoms with Gasteiger partial charge in [0.25, 0.3) is 11.6 Å². The highest BCUT2D eigenvalue weighted by molar-refractivity contribution is 7.13. The normalized spacial score (nSPS) is 21.1. The zero-order chi connectivity index (χ0) is 23.2. The molecule has 180 valence electrons. The van der Waals surface area contributed by atoms with Crippen molar-refractivity contribution in [2.45, 2.75) is 70.9 Å². The van der Waals surface area contributed by atoms with Crippen molar-refractivity contribution in [1.29, 1.82) is 0 Å². The minimum absolute atomic E-state index is 0.0772. The monoisotopic (exact) mass is 478 g/mol. The van der Waals surface area contributed by atoms with Gasteiger partial charge in [-0.2, -0.15) is 0 Å². The van der Waals surface area contributed by atoms with E-state index >= 15 is 0 Å². The minimum Gasteiger partial charge on any atom is -0.464 e. The fourth-order valence-corrected chi connectivity index (χ4v) is 5.56. The number of alkyl halides is 2. The van der Waals surface area contributed by atoms with Crippen LogP contribution in [0.5, 0.6) is 5.19 Å². The first-order valence-corrected chi connectivity index (χ1v) is 12.6. The molecule has 1 saturated carbocycles. The quantitative estimate of drug-likeness (QED) is 0.586. The van der Waals surface area contributed by atoms with Crippen LogP contribution in [0.15, 0.2) is 18.3 Å². The Labute approximate surface area is 197 Å². The third kappa shape index (κ3) is 7.17. The number of carbonyl (C=O) groups excluding carboxylic acids is 1. The average molecular weight is 479 g/mol. The van der Waals surface area contributed by atoms with Gasteiger partial charge in [-0.25, -0.2) is 13.8 Å². The molecule has 0 unspecified atom stereocenters. The summed E-state index contributed by atoms with van der Waals surface area (Å²) in [6, 6.07) is 4.17. The number of aryl methyl sites for hydroxylation is 1. The molecule has 1 amide bonds. The van der Waals surface area contributed by atoms with Crippen molar-refractivity contribution in [3.05, 3.63) is 40.2 Å². The lowest BCUT2D eigenvalue weighted by atomic mass is 9.84. The van der Waals surface area contributed by atoms with Crippen LogP contribution in [0.4, 0.5) is 8.78 Å². The number of nitrogens with one attached hydrogen (secondary N) is 1. The zero-order valence-electron chi connectivity index (χ0n) is 19.1. The van der Waals surface area contributed by atoms with E-state index in [1.807, 2.05) is 19.1 Å². The van der Waals surface area contributed by atoms with E-state index in [0.29, 0.717) is 17.5 Å². The van der Waals surface area contributed by atoms with Crippen LogP contribution in [-0.2, 0) is 24.2 Å². The summed E-state index contributed by atoms with van der Waals surface area (Å²) >= 11 is 1.40. The maximum absolute atomic E-state index is 12.4. The van der Waals surface area contributed by atoms with Crippen LogP contribution in [0.2, 0.25) is 0 Å². The fourth-order valence-electron chi connectivity index (χ4n) is 4.64. The van der Waals surface area contributed by atoms with E-state index in [1.165, 1.54) is 11.3 Å². The molecular weight excluding hydrogens is 446 g/mol. The van der Waals surface area contributed by atoms with E-state index in [-0.39, 0.29) is 11.9 Å². The van der Waals surface area contributed by atoms with Crippen LogP contribution in [0.3, 0.4) is 0 Å². The number of pyridine rings is 1. The van der Waals surface area contributed by atoms with E-state index in [2.05, 4.69) is 20.2 Å². The molecule has 2 aromatic heterocycles. The van der Waals surface area contributed by atoms with E-state index in [4.69, 9.17) is 4.74 Å². The van der Waals surface area contributed by atoms with Crippen molar-refractivity contribution in [2.24, 2.45) is 5.92 Å². The van der Waals surface area contributed by atoms with Crippen molar-refractivity contribution < 1.29 is 18.3 Å². The Hall–Kier alpha value is -2.13. The molecule has 0 atom stereocenters. The number of halogens is 2. The molecule has 0 radical (unpaired) electrons. The van der Waals surface area contributed by atoms with Crippen molar-refractivity contribution in [1.82, 2.24) is 20.2 Å². The Morgan fingerprint density at radius 2 is 2.12 bits per heavy atom. The van der Waals surface area contributed by atoms with Crippen LogP contribution in [0, 0.1) is 12.8 Å². The number of fused-ring (bicyclic) bond motifs is 1. The van der Waals surface area contributed by atoms with Gasteiger partial charge in [0, 0.05) is 35.9 Å². The largest absolute Gasteiger partial charge is 0.464 e. The minimum atomic E-state index is -2.48. The molecule has 1 fully saturated rings. The standard InChI is InChI=1S/C24H32F2N4O2S/c1-16-2-3-18(13-27-16)12-23(31)28-19-6-4-17(5-7-19)8-10-30-11-9-21-20(14-30)29-24(33-21)32-15-22(25)26/h2-3,13,17,19,22H,4-12,14-15H2,1H3,(H,28,31). The fraction of sp³-hybridized carbons (Fsp3) is 0.625. The molecule has 2 aromatic rings. The Kier molecular flexibility index (Phi) is 8.25. The molecule has 0 bridgehead atoms. The van der Waals surface area contributed by atoms with Crippen LogP contribution in [-0.4, -0.2) is 52.9 Å². The maximum Gasteiger partial charge on any atom is 0.273 e. The Morgan fingerprint density at radius 3 is 2.85 bits per heavy atom. The summed E-state index contributed by atoms with van der Waals surface area (Å²) in [6.45, 7) is 4.11. The number of rotatable bonds is 9. The second-order valence-corrected chi connectivity index (χ2v) is 10.2. The molecule has 3 heterocycles. The number of amides is 1. The summed E-state index contributed by atoms with van der Waals surface area (Å²) in [6.07, 6.45) is 6.07. The first-order chi connectivity index (χ1) is 15.9. The second kappa shape index (κ2) is 11.3. The van der Waals surface area contributed by atoms with Crippen molar-refractivity contribution >= 4 is 17.2 Å². The van der Waals surface area contributed by atoms with Gasteiger partial charge < -0.3 is 10.1 Å². The number of aromatic nitrogens is 2. The van der Waals surface area contributed by atoms with Crippen LogP contribution in [0.1, 0.15) is 53.9 Å². The van der Waals surface area contributed by atoms with E-state index in [1.54, 1.807) is 6.20 Å². The van der Waals surface area contributed by atoms with Crippen LogP contribution in [0.25, 0.3) is 0 Å². The first kappa shape index (κ1) is 24.0. The smallest absolute Gasteiger partial charge is 0.273 e. The summed E-state index contributed by atoms with van der Waals surface area (Å²) in [5.41, 5.74) is 2.88.